The van der Waals surface area contributed by atoms with Crippen LogP contribution in [0.2, 0.25) is 5.02 Å². The molecule has 9 heteroatoms. The SMILES string of the molecule is O=C(Nc1nc(-c2cc(F)ccc2F)cs1)c1ccc(Cl)c(N2CCCC2=O)c1. The molecule has 1 saturated heterocycles. The van der Waals surface area contributed by atoms with Crippen molar-refractivity contribution in [2.45, 2.75) is 12.8 Å². The lowest BCUT2D eigenvalue weighted by molar-refractivity contribution is -0.117. The van der Waals surface area contributed by atoms with Crippen molar-refractivity contribution in [2.75, 3.05) is 16.8 Å². The Hall–Kier alpha value is -2.84. The number of rotatable bonds is 4. The summed E-state index contributed by atoms with van der Waals surface area (Å²) in [5, 5.41) is 4.79. The van der Waals surface area contributed by atoms with Gasteiger partial charge in [0, 0.05) is 29.5 Å². The number of thiazole rings is 1. The molecule has 0 bridgehead atoms. The summed E-state index contributed by atoms with van der Waals surface area (Å²) in [6.45, 7) is 0.554. The summed E-state index contributed by atoms with van der Waals surface area (Å²) < 4.78 is 27.3. The summed E-state index contributed by atoms with van der Waals surface area (Å²) >= 11 is 7.30. The fourth-order valence-corrected chi connectivity index (χ4v) is 4.01. The van der Waals surface area contributed by atoms with Crippen LogP contribution in [0.4, 0.5) is 19.6 Å². The molecular formula is C20H14ClF2N3O2S. The Balaban J connectivity index is 1.55. The number of benzene rings is 2. The molecule has 2 aromatic carbocycles. The van der Waals surface area contributed by atoms with Crippen molar-refractivity contribution in [2.24, 2.45) is 0 Å². The predicted octanol–water partition coefficient (Wildman–Crippen LogP) is 5.12. The van der Waals surface area contributed by atoms with Gasteiger partial charge in [-0.2, -0.15) is 0 Å². The van der Waals surface area contributed by atoms with Crippen LogP contribution in [0, 0.1) is 11.6 Å². The minimum atomic E-state index is -0.604. The zero-order chi connectivity index (χ0) is 20.5. The average molecular weight is 434 g/mol. The first-order valence-electron chi connectivity index (χ1n) is 8.74. The Morgan fingerprint density at radius 2 is 2.03 bits per heavy atom. The number of carbonyl (C=O) groups is 2. The van der Waals surface area contributed by atoms with E-state index in [9.17, 15) is 18.4 Å². The highest BCUT2D eigenvalue weighted by Crippen LogP contribution is 2.31. The van der Waals surface area contributed by atoms with Gasteiger partial charge < -0.3 is 4.90 Å². The zero-order valence-corrected chi connectivity index (χ0v) is 16.5. The van der Waals surface area contributed by atoms with Crippen LogP contribution < -0.4 is 10.2 Å². The van der Waals surface area contributed by atoms with Gasteiger partial charge in [-0.3, -0.25) is 14.9 Å². The van der Waals surface area contributed by atoms with Crippen molar-refractivity contribution in [1.82, 2.24) is 4.98 Å². The van der Waals surface area contributed by atoms with E-state index in [1.807, 2.05) is 0 Å². The summed E-state index contributed by atoms with van der Waals surface area (Å²) in [5.41, 5.74) is 1.03. The van der Waals surface area contributed by atoms with Gasteiger partial charge in [-0.1, -0.05) is 11.6 Å². The number of amides is 2. The highest BCUT2D eigenvalue weighted by atomic mass is 35.5. The van der Waals surface area contributed by atoms with E-state index in [1.165, 1.54) is 5.38 Å². The maximum Gasteiger partial charge on any atom is 0.257 e. The molecule has 148 valence electrons. The lowest BCUT2D eigenvalue weighted by Gasteiger charge is -2.18. The molecule has 4 rings (SSSR count). The predicted molar refractivity (Wildman–Crippen MR) is 108 cm³/mol. The molecule has 0 atom stereocenters. The van der Waals surface area contributed by atoms with Gasteiger partial charge in [-0.15, -0.1) is 11.3 Å². The molecule has 0 aliphatic carbocycles. The van der Waals surface area contributed by atoms with Crippen LogP contribution in [0.5, 0.6) is 0 Å². The number of carbonyl (C=O) groups excluding carboxylic acids is 2. The molecule has 29 heavy (non-hydrogen) atoms. The maximum atomic E-state index is 13.9. The van der Waals surface area contributed by atoms with Crippen molar-refractivity contribution < 1.29 is 18.4 Å². The second-order valence-corrected chi connectivity index (χ2v) is 7.70. The van der Waals surface area contributed by atoms with Gasteiger partial charge in [0.1, 0.15) is 11.6 Å². The molecule has 2 heterocycles. The standard InChI is InChI=1S/C20H14ClF2N3O2S/c21-14-5-3-11(8-17(14)26-7-1-2-18(26)27)19(28)25-20-24-16(10-29-20)13-9-12(22)4-6-15(13)23/h3-6,8-10H,1-2,7H2,(H,24,25,28). The summed E-state index contributed by atoms with van der Waals surface area (Å²) in [6.07, 6.45) is 1.19. The highest BCUT2D eigenvalue weighted by Gasteiger charge is 2.24. The van der Waals surface area contributed by atoms with Crippen LogP contribution in [-0.2, 0) is 4.79 Å². The summed E-state index contributed by atoms with van der Waals surface area (Å²) in [4.78, 5) is 30.3. The van der Waals surface area contributed by atoms with Gasteiger partial charge >= 0.3 is 0 Å². The van der Waals surface area contributed by atoms with Gasteiger partial charge in [-0.05, 0) is 42.8 Å². The van der Waals surface area contributed by atoms with E-state index in [-0.39, 0.29) is 22.3 Å². The van der Waals surface area contributed by atoms with Crippen LogP contribution in [0.15, 0.2) is 41.8 Å². The van der Waals surface area contributed by atoms with Crippen molar-refractivity contribution in [3.8, 4) is 11.3 Å². The normalized spacial score (nSPS) is 13.8. The third-order valence-corrected chi connectivity index (χ3v) is 5.58. The first-order chi connectivity index (χ1) is 13.9. The molecule has 0 unspecified atom stereocenters. The van der Waals surface area contributed by atoms with E-state index in [0.717, 1.165) is 36.0 Å². The van der Waals surface area contributed by atoms with Crippen LogP contribution in [0.3, 0.4) is 0 Å². The minimum absolute atomic E-state index is 0.0167. The van der Waals surface area contributed by atoms with E-state index < -0.39 is 17.5 Å². The molecule has 3 aromatic rings. The first-order valence-corrected chi connectivity index (χ1v) is 10.0. The summed E-state index contributed by atoms with van der Waals surface area (Å²) in [5.74, 6) is -1.67. The molecule has 1 aliphatic rings. The van der Waals surface area contributed by atoms with Gasteiger partial charge in [-0.25, -0.2) is 13.8 Å². The number of halogens is 3. The molecule has 0 saturated carbocycles. The number of hydrogen-bond donors (Lipinski definition) is 1. The van der Waals surface area contributed by atoms with Crippen LogP contribution >= 0.6 is 22.9 Å². The maximum absolute atomic E-state index is 13.9. The molecule has 2 amide bonds. The summed E-state index contributed by atoms with van der Waals surface area (Å²) in [7, 11) is 0. The second-order valence-electron chi connectivity index (χ2n) is 6.43. The first kappa shape index (κ1) is 19.5. The van der Waals surface area contributed by atoms with Crippen LogP contribution in [0.25, 0.3) is 11.3 Å². The van der Waals surface area contributed by atoms with E-state index in [4.69, 9.17) is 11.6 Å². The number of anilines is 2. The van der Waals surface area contributed by atoms with Gasteiger partial charge in [0.15, 0.2) is 5.13 Å². The number of nitrogens with one attached hydrogen (secondary N) is 1. The third kappa shape index (κ3) is 3.99. The number of nitrogens with zero attached hydrogens (tertiary/aromatic N) is 2. The monoisotopic (exact) mass is 433 g/mol. The van der Waals surface area contributed by atoms with E-state index in [0.29, 0.717) is 29.2 Å². The molecule has 0 radical (unpaired) electrons. The Bertz CT molecular complexity index is 1120. The molecule has 1 N–H and O–H groups in total. The Kier molecular flexibility index (Phi) is 5.29. The number of hydrogen-bond acceptors (Lipinski definition) is 4. The molecular weight excluding hydrogens is 420 g/mol. The van der Waals surface area contributed by atoms with Gasteiger partial charge in [0.05, 0.1) is 16.4 Å². The molecule has 1 aromatic heterocycles. The lowest BCUT2D eigenvalue weighted by atomic mass is 10.1. The topological polar surface area (TPSA) is 62.3 Å². The molecule has 1 aliphatic heterocycles. The zero-order valence-electron chi connectivity index (χ0n) is 14.9. The van der Waals surface area contributed by atoms with E-state index >= 15 is 0 Å². The van der Waals surface area contributed by atoms with Crippen molar-refractivity contribution in [3.63, 3.8) is 0 Å². The molecule has 5 nitrogen and oxygen atoms in total. The Morgan fingerprint density at radius 1 is 1.21 bits per heavy atom. The molecule has 0 spiro atoms. The third-order valence-electron chi connectivity index (χ3n) is 4.50. The quantitative estimate of drug-likeness (QED) is 0.621. The average Bonchev–Trinajstić information content (AvgIpc) is 3.33. The Labute approximate surface area is 173 Å². The minimum Gasteiger partial charge on any atom is -0.311 e. The van der Waals surface area contributed by atoms with E-state index in [1.54, 1.807) is 23.1 Å². The number of aromatic nitrogens is 1. The highest BCUT2D eigenvalue weighted by molar-refractivity contribution is 7.14. The van der Waals surface area contributed by atoms with Crippen LogP contribution in [0.1, 0.15) is 23.2 Å². The van der Waals surface area contributed by atoms with Crippen molar-refractivity contribution in [3.05, 3.63) is 64.0 Å². The van der Waals surface area contributed by atoms with Crippen molar-refractivity contribution >= 4 is 45.6 Å². The molecule has 1 fully saturated rings. The largest absolute Gasteiger partial charge is 0.311 e. The fourth-order valence-electron chi connectivity index (χ4n) is 3.08. The lowest BCUT2D eigenvalue weighted by Crippen LogP contribution is -2.24. The smallest absolute Gasteiger partial charge is 0.257 e. The van der Waals surface area contributed by atoms with Gasteiger partial charge in [0.25, 0.3) is 5.91 Å². The van der Waals surface area contributed by atoms with E-state index in [2.05, 4.69) is 10.3 Å². The van der Waals surface area contributed by atoms with Crippen LogP contribution in [-0.4, -0.2) is 23.3 Å². The summed E-state index contributed by atoms with van der Waals surface area (Å²) in [6, 6.07) is 7.76. The van der Waals surface area contributed by atoms with Crippen molar-refractivity contribution in [1.29, 1.82) is 0 Å². The fraction of sp³-hybridized carbons (Fsp3) is 0.150. The van der Waals surface area contributed by atoms with Gasteiger partial charge in [0.2, 0.25) is 5.91 Å². The Morgan fingerprint density at radius 3 is 2.79 bits per heavy atom. The second kappa shape index (κ2) is 7.88.